The van der Waals surface area contributed by atoms with Crippen LogP contribution >= 0.6 is 0 Å². The summed E-state index contributed by atoms with van der Waals surface area (Å²) in [6.45, 7) is 6.58. The number of imidazole rings is 1. The number of hydrogen-bond acceptors (Lipinski definition) is 6. The highest BCUT2D eigenvalue weighted by molar-refractivity contribution is 5.76. The molecular weight excluding hydrogens is 336 g/mol. The van der Waals surface area contributed by atoms with Crippen LogP contribution in [0.3, 0.4) is 0 Å². The van der Waals surface area contributed by atoms with E-state index in [0.717, 1.165) is 11.0 Å². The van der Waals surface area contributed by atoms with Crippen molar-refractivity contribution in [3.05, 3.63) is 46.5 Å². The zero-order valence-electron chi connectivity index (χ0n) is 15.1. The predicted octanol–water partition coefficient (Wildman–Crippen LogP) is 2.46. The average Bonchev–Trinajstić information content (AvgIpc) is 3.20. The van der Waals surface area contributed by atoms with Crippen molar-refractivity contribution < 1.29 is 14.1 Å². The highest BCUT2D eigenvalue weighted by Crippen LogP contribution is 2.14. The standard InChI is InChI=1S/C18H22N4O4/c1-4-21-13-7-5-6-8-14(13)22(18(21)24)10-9-16(23)25-11-15-19-17(12(2)3)20-26-15/h5-8,12H,4,9-11H2,1-3H3. The number of hydrogen-bond donors (Lipinski definition) is 0. The van der Waals surface area contributed by atoms with Gasteiger partial charge in [0.2, 0.25) is 0 Å². The maximum Gasteiger partial charge on any atom is 0.329 e. The van der Waals surface area contributed by atoms with E-state index < -0.39 is 5.97 Å². The zero-order chi connectivity index (χ0) is 18.7. The second-order valence-electron chi connectivity index (χ2n) is 6.28. The fraction of sp³-hybridized carbons (Fsp3) is 0.444. The van der Waals surface area contributed by atoms with E-state index >= 15 is 0 Å². The molecule has 0 amide bonds. The van der Waals surface area contributed by atoms with Crippen LogP contribution in [0.5, 0.6) is 0 Å². The van der Waals surface area contributed by atoms with Crippen LogP contribution in [0.2, 0.25) is 0 Å². The Morgan fingerprint density at radius 2 is 1.92 bits per heavy atom. The highest BCUT2D eigenvalue weighted by atomic mass is 16.6. The first-order chi connectivity index (χ1) is 12.5. The van der Waals surface area contributed by atoms with Gasteiger partial charge in [0.1, 0.15) is 0 Å². The number of rotatable bonds is 7. The van der Waals surface area contributed by atoms with Crippen molar-refractivity contribution in [3.8, 4) is 0 Å². The van der Waals surface area contributed by atoms with Gasteiger partial charge in [-0.15, -0.1) is 0 Å². The first kappa shape index (κ1) is 17.9. The number of esters is 1. The van der Waals surface area contributed by atoms with Gasteiger partial charge in [-0.25, -0.2) is 4.79 Å². The Morgan fingerprint density at radius 3 is 2.54 bits per heavy atom. The van der Waals surface area contributed by atoms with Crippen LogP contribution in [0.1, 0.15) is 44.8 Å². The van der Waals surface area contributed by atoms with Crippen molar-refractivity contribution in [2.24, 2.45) is 0 Å². The smallest absolute Gasteiger partial charge is 0.329 e. The minimum atomic E-state index is -0.422. The van der Waals surface area contributed by atoms with Gasteiger partial charge in [-0.2, -0.15) is 4.98 Å². The summed E-state index contributed by atoms with van der Waals surface area (Å²) in [5, 5.41) is 3.82. The first-order valence-electron chi connectivity index (χ1n) is 8.67. The summed E-state index contributed by atoms with van der Waals surface area (Å²) in [6.07, 6.45) is 0.0861. The third kappa shape index (κ3) is 3.54. The molecular formula is C18H22N4O4. The highest BCUT2D eigenvalue weighted by Gasteiger charge is 2.15. The number of ether oxygens (including phenoxy) is 1. The van der Waals surface area contributed by atoms with Crippen LogP contribution in [0, 0.1) is 0 Å². The fourth-order valence-corrected chi connectivity index (χ4v) is 2.77. The van der Waals surface area contributed by atoms with E-state index in [1.165, 1.54) is 0 Å². The summed E-state index contributed by atoms with van der Waals surface area (Å²) in [5.74, 6) is 0.567. The summed E-state index contributed by atoms with van der Waals surface area (Å²) in [5.41, 5.74) is 1.55. The van der Waals surface area contributed by atoms with Crippen molar-refractivity contribution in [1.29, 1.82) is 0 Å². The SMILES string of the molecule is CCn1c(=O)n(CCC(=O)OCc2nc(C(C)C)no2)c2ccccc21. The monoisotopic (exact) mass is 358 g/mol. The Bertz CT molecular complexity index is 967. The lowest BCUT2D eigenvalue weighted by atomic mass is 10.2. The van der Waals surface area contributed by atoms with Gasteiger partial charge in [-0.3, -0.25) is 13.9 Å². The molecule has 1 aromatic carbocycles. The molecule has 0 saturated carbocycles. The van der Waals surface area contributed by atoms with Crippen molar-refractivity contribution in [2.75, 3.05) is 0 Å². The number of para-hydroxylation sites is 2. The number of nitrogens with zero attached hydrogens (tertiary/aromatic N) is 4. The van der Waals surface area contributed by atoms with Gasteiger partial charge in [0, 0.05) is 19.0 Å². The van der Waals surface area contributed by atoms with Gasteiger partial charge >= 0.3 is 11.7 Å². The van der Waals surface area contributed by atoms with Crippen molar-refractivity contribution in [2.45, 2.75) is 52.8 Å². The largest absolute Gasteiger partial charge is 0.456 e. The van der Waals surface area contributed by atoms with Gasteiger partial charge in [-0.05, 0) is 19.1 Å². The van der Waals surface area contributed by atoms with Crippen LogP contribution in [0.25, 0.3) is 11.0 Å². The third-order valence-corrected chi connectivity index (χ3v) is 4.14. The lowest BCUT2D eigenvalue weighted by Gasteiger charge is -2.04. The normalized spacial score (nSPS) is 11.4. The molecule has 0 unspecified atom stereocenters. The summed E-state index contributed by atoms with van der Waals surface area (Å²) in [4.78, 5) is 28.7. The van der Waals surface area contributed by atoms with Crippen LogP contribution in [-0.4, -0.2) is 25.2 Å². The van der Waals surface area contributed by atoms with Crippen LogP contribution in [0.4, 0.5) is 0 Å². The van der Waals surface area contributed by atoms with E-state index in [4.69, 9.17) is 9.26 Å². The van der Waals surface area contributed by atoms with E-state index in [2.05, 4.69) is 10.1 Å². The lowest BCUT2D eigenvalue weighted by molar-refractivity contribution is -0.146. The van der Waals surface area contributed by atoms with Gasteiger partial charge in [0.15, 0.2) is 12.4 Å². The fourth-order valence-electron chi connectivity index (χ4n) is 2.77. The van der Waals surface area contributed by atoms with Gasteiger partial charge in [-0.1, -0.05) is 31.1 Å². The van der Waals surface area contributed by atoms with E-state index in [0.29, 0.717) is 12.4 Å². The molecule has 2 aromatic heterocycles. The van der Waals surface area contributed by atoms with E-state index in [1.807, 2.05) is 45.0 Å². The summed E-state index contributed by atoms with van der Waals surface area (Å²) < 4.78 is 13.5. The average molecular weight is 358 g/mol. The second-order valence-corrected chi connectivity index (χ2v) is 6.28. The Hall–Kier alpha value is -2.90. The van der Waals surface area contributed by atoms with Gasteiger partial charge in [0.05, 0.1) is 17.5 Å². The van der Waals surface area contributed by atoms with Crippen LogP contribution in [0.15, 0.2) is 33.6 Å². The molecule has 0 N–H and O–H groups in total. The molecule has 0 fully saturated rings. The Kier molecular flexibility index (Phi) is 5.20. The molecule has 0 bridgehead atoms. The molecule has 26 heavy (non-hydrogen) atoms. The van der Waals surface area contributed by atoms with Crippen LogP contribution < -0.4 is 5.69 Å². The Labute approximate surface area is 150 Å². The lowest BCUT2D eigenvalue weighted by Crippen LogP contribution is -2.25. The third-order valence-electron chi connectivity index (χ3n) is 4.14. The van der Waals surface area contributed by atoms with Crippen molar-refractivity contribution >= 4 is 17.0 Å². The van der Waals surface area contributed by atoms with Crippen LogP contribution in [-0.2, 0) is 29.2 Å². The number of carbonyl (C=O) groups is 1. The summed E-state index contributed by atoms with van der Waals surface area (Å²) in [6, 6.07) is 7.54. The number of fused-ring (bicyclic) bond motifs is 1. The molecule has 3 aromatic rings. The number of aryl methyl sites for hydroxylation is 2. The number of benzene rings is 1. The second kappa shape index (κ2) is 7.55. The Balaban J connectivity index is 1.63. The summed E-state index contributed by atoms with van der Waals surface area (Å²) >= 11 is 0. The molecule has 0 spiro atoms. The molecule has 0 atom stereocenters. The maximum atomic E-state index is 12.5. The first-order valence-corrected chi connectivity index (χ1v) is 8.67. The van der Waals surface area contributed by atoms with E-state index in [-0.39, 0.29) is 37.1 Å². The molecule has 0 aliphatic rings. The Morgan fingerprint density at radius 1 is 1.23 bits per heavy atom. The zero-order valence-corrected chi connectivity index (χ0v) is 15.1. The molecule has 8 heteroatoms. The maximum absolute atomic E-state index is 12.5. The van der Waals surface area contributed by atoms with Crippen molar-refractivity contribution in [1.82, 2.24) is 19.3 Å². The minimum absolute atomic E-state index is 0.0653. The van der Waals surface area contributed by atoms with E-state index in [9.17, 15) is 9.59 Å². The minimum Gasteiger partial charge on any atom is -0.456 e. The quantitative estimate of drug-likeness (QED) is 0.603. The molecule has 2 heterocycles. The molecule has 0 aliphatic heterocycles. The molecule has 0 radical (unpaired) electrons. The summed E-state index contributed by atoms with van der Waals surface area (Å²) in [7, 11) is 0. The molecule has 3 rings (SSSR count). The molecule has 8 nitrogen and oxygen atoms in total. The molecule has 0 aliphatic carbocycles. The van der Waals surface area contributed by atoms with E-state index in [1.54, 1.807) is 9.13 Å². The topological polar surface area (TPSA) is 92.2 Å². The molecule has 0 saturated heterocycles. The van der Waals surface area contributed by atoms with Gasteiger partial charge in [0.25, 0.3) is 5.89 Å². The van der Waals surface area contributed by atoms with Crippen molar-refractivity contribution in [3.63, 3.8) is 0 Å². The predicted molar refractivity (Wildman–Crippen MR) is 94.7 cm³/mol. The number of carbonyl (C=O) groups excluding carboxylic acids is 1. The molecule has 138 valence electrons. The number of aromatic nitrogens is 4. The van der Waals surface area contributed by atoms with Gasteiger partial charge < -0.3 is 9.26 Å².